The number of urea groups is 1. The van der Waals surface area contributed by atoms with Crippen LogP contribution in [0.15, 0.2) is 43.0 Å². The monoisotopic (exact) mass is 222 g/mol. The number of primary amides is 2. The van der Waals surface area contributed by atoms with E-state index in [1.165, 1.54) is 0 Å². The Labute approximate surface area is 93.7 Å². The second-order valence-corrected chi connectivity index (χ2v) is 2.70. The van der Waals surface area contributed by atoms with Crippen molar-refractivity contribution in [3.63, 3.8) is 0 Å². The third-order valence-electron chi connectivity index (χ3n) is 1.39. The average molecular weight is 222 g/mol. The average Bonchev–Trinajstić information content (AvgIpc) is 2.26. The maximum atomic E-state index is 10.6. The minimum atomic E-state index is -0.833. The number of hydrogen-bond donors (Lipinski definition) is 2. The van der Waals surface area contributed by atoms with E-state index < -0.39 is 6.03 Å². The number of nitrogens with two attached hydrogens (primary N) is 2. The molecule has 0 unspecified atom stereocenters. The van der Waals surface area contributed by atoms with Crippen LogP contribution in [-0.4, -0.2) is 12.0 Å². The molecule has 2 amide bonds. The van der Waals surface area contributed by atoms with Gasteiger partial charge < -0.3 is 16.2 Å². The summed E-state index contributed by atoms with van der Waals surface area (Å²) in [4.78, 5) is 19.6. The molecule has 1 rings (SSSR count). The zero-order valence-corrected chi connectivity index (χ0v) is 8.76. The van der Waals surface area contributed by atoms with E-state index in [2.05, 4.69) is 18.0 Å². The standard InChI is InChI=1S/C10H10O2.CH4N2O/c1-2-10(11)12-8-9-6-4-3-5-7-9;2-1(3)4/h2-7H,1,8H2;(H4,2,3,4). The Morgan fingerprint density at radius 1 is 1.25 bits per heavy atom. The van der Waals surface area contributed by atoms with Crippen LogP contribution in [0.3, 0.4) is 0 Å². The fourth-order valence-electron chi connectivity index (χ4n) is 0.788. The molecule has 0 aliphatic carbocycles. The first-order chi connectivity index (χ1) is 7.56. The molecule has 1 aromatic carbocycles. The van der Waals surface area contributed by atoms with Gasteiger partial charge >= 0.3 is 12.0 Å². The molecule has 86 valence electrons. The fraction of sp³-hybridized carbons (Fsp3) is 0.0909. The number of esters is 1. The first kappa shape index (κ1) is 13.7. The highest BCUT2D eigenvalue weighted by Crippen LogP contribution is 2.00. The van der Waals surface area contributed by atoms with Gasteiger partial charge in [-0.15, -0.1) is 0 Å². The minimum Gasteiger partial charge on any atom is -0.458 e. The fourth-order valence-corrected chi connectivity index (χ4v) is 0.788. The Kier molecular flexibility index (Phi) is 6.89. The molecule has 0 aromatic heterocycles. The van der Waals surface area contributed by atoms with Crippen molar-refractivity contribution in [2.45, 2.75) is 6.61 Å². The van der Waals surface area contributed by atoms with Crippen LogP contribution in [0.5, 0.6) is 0 Å². The zero-order valence-electron chi connectivity index (χ0n) is 8.76. The highest BCUT2D eigenvalue weighted by atomic mass is 16.5. The Balaban J connectivity index is 0.000000487. The van der Waals surface area contributed by atoms with Crippen LogP contribution >= 0.6 is 0 Å². The molecule has 0 bridgehead atoms. The molecule has 1 aromatic rings. The van der Waals surface area contributed by atoms with Gasteiger partial charge in [-0.25, -0.2) is 9.59 Å². The van der Waals surface area contributed by atoms with E-state index >= 15 is 0 Å². The van der Waals surface area contributed by atoms with Crippen LogP contribution in [0.2, 0.25) is 0 Å². The van der Waals surface area contributed by atoms with Gasteiger partial charge in [0.15, 0.2) is 0 Å². The number of carbonyl (C=O) groups excluding carboxylic acids is 2. The highest BCUT2D eigenvalue weighted by Gasteiger charge is 1.95. The Hall–Kier alpha value is -2.30. The van der Waals surface area contributed by atoms with Gasteiger partial charge in [0.2, 0.25) is 0 Å². The van der Waals surface area contributed by atoms with E-state index in [9.17, 15) is 4.79 Å². The van der Waals surface area contributed by atoms with Gasteiger partial charge in [-0.05, 0) is 5.56 Å². The molecule has 16 heavy (non-hydrogen) atoms. The summed E-state index contributed by atoms with van der Waals surface area (Å²) in [5, 5.41) is 0. The summed E-state index contributed by atoms with van der Waals surface area (Å²) in [7, 11) is 0. The van der Waals surface area contributed by atoms with Crippen LogP contribution in [0.1, 0.15) is 5.56 Å². The lowest BCUT2D eigenvalue weighted by molar-refractivity contribution is -0.138. The molecular formula is C11H14N2O3. The molecule has 0 aliphatic heterocycles. The number of amides is 2. The Morgan fingerprint density at radius 3 is 2.19 bits per heavy atom. The Morgan fingerprint density at radius 2 is 1.75 bits per heavy atom. The third-order valence-corrected chi connectivity index (χ3v) is 1.39. The molecule has 0 radical (unpaired) electrons. The molecular weight excluding hydrogens is 208 g/mol. The normalized spacial score (nSPS) is 8.25. The summed E-state index contributed by atoms with van der Waals surface area (Å²) in [6, 6.07) is 8.68. The van der Waals surface area contributed by atoms with E-state index in [0.29, 0.717) is 6.61 Å². The highest BCUT2D eigenvalue weighted by molar-refractivity contribution is 5.81. The smallest absolute Gasteiger partial charge is 0.330 e. The van der Waals surface area contributed by atoms with Gasteiger partial charge in [0, 0.05) is 6.08 Å². The molecule has 5 nitrogen and oxygen atoms in total. The van der Waals surface area contributed by atoms with Gasteiger partial charge in [0.25, 0.3) is 0 Å². The van der Waals surface area contributed by atoms with Gasteiger partial charge in [-0.1, -0.05) is 36.9 Å². The molecule has 0 saturated carbocycles. The molecule has 0 fully saturated rings. The van der Waals surface area contributed by atoms with Crippen molar-refractivity contribution in [3.8, 4) is 0 Å². The summed E-state index contributed by atoms with van der Waals surface area (Å²) >= 11 is 0. The van der Waals surface area contributed by atoms with Crippen molar-refractivity contribution >= 4 is 12.0 Å². The molecule has 0 aliphatic rings. The van der Waals surface area contributed by atoms with E-state index in [-0.39, 0.29) is 5.97 Å². The van der Waals surface area contributed by atoms with E-state index in [4.69, 9.17) is 9.53 Å². The number of ether oxygens (including phenoxy) is 1. The number of hydrogen-bond acceptors (Lipinski definition) is 3. The largest absolute Gasteiger partial charge is 0.458 e. The van der Waals surface area contributed by atoms with Crippen LogP contribution in [0.4, 0.5) is 4.79 Å². The van der Waals surface area contributed by atoms with Crippen LogP contribution < -0.4 is 11.5 Å². The van der Waals surface area contributed by atoms with Crippen molar-refractivity contribution in [2.24, 2.45) is 11.5 Å². The molecule has 4 N–H and O–H groups in total. The third kappa shape index (κ3) is 8.31. The van der Waals surface area contributed by atoms with Crippen molar-refractivity contribution in [3.05, 3.63) is 48.6 Å². The van der Waals surface area contributed by atoms with E-state index in [1.807, 2.05) is 30.3 Å². The molecule has 0 atom stereocenters. The predicted octanol–water partition coefficient (Wildman–Crippen LogP) is 0.940. The second-order valence-electron chi connectivity index (χ2n) is 2.70. The first-order valence-electron chi connectivity index (χ1n) is 4.44. The summed E-state index contributed by atoms with van der Waals surface area (Å²) < 4.78 is 4.82. The van der Waals surface area contributed by atoms with E-state index in [1.54, 1.807) is 0 Å². The van der Waals surface area contributed by atoms with Gasteiger partial charge in [-0.3, -0.25) is 0 Å². The second kappa shape index (κ2) is 8.05. The summed E-state index contributed by atoms with van der Waals surface area (Å²) in [5.41, 5.74) is 9.48. The van der Waals surface area contributed by atoms with Crippen molar-refractivity contribution in [1.29, 1.82) is 0 Å². The molecule has 5 heteroatoms. The lowest BCUT2D eigenvalue weighted by atomic mass is 10.2. The SMILES string of the molecule is C=CC(=O)OCc1ccccc1.NC(N)=O. The maximum Gasteiger partial charge on any atom is 0.330 e. The number of rotatable bonds is 3. The Bertz CT molecular complexity index is 346. The summed E-state index contributed by atoms with van der Waals surface area (Å²) in [6.07, 6.45) is 1.16. The van der Waals surface area contributed by atoms with Crippen LogP contribution in [-0.2, 0) is 16.1 Å². The summed E-state index contributed by atoms with van der Waals surface area (Å²) in [5.74, 6) is -0.390. The number of carbonyl (C=O) groups is 2. The van der Waals surface area contributed by atoms with Gasteiger partial charge in [-0.2, -0.15) is 0 Å². The van der Waals surface area contributed by atoms with Crippen molar-refractivity contribution in [2.75, 3.05) is 0 Å². The first-order valence-corrected chi connectivity index (χ1v) is 4.44. The van der Waals surface area contributed by atoms with E-state index in [0.717, 1.165) is 11.6 Å². The maximum absolute atomic E-state index is 10.6. The van der Waals surface area contributed by atoms with Crippen molar-refractivity contribution < 1.29 is 14.3 Å². The quantitative estimate of drug-likeness (QED) is 0.588. The summed E-state index contributed by atoms with van der Waals surface area (Å²) in [6.45, 7) is 3.61. The zero-order chi connectivity index (χ0) is 12.4. The van der Waals surface area contributed by atoms with Gasteiger partial charge in [0.1, 0.15) is 6.61 Å². The topological polar surface area (TPSA) is 95.4 Å². The van der Waals surface area contributed by atoms with Gasteiger partial charge in [0.05, 0.1) is 0 Å². The molecule has 0 spiro atoms. The molecule has 0 heterocycles. The minimum absolute atomic E-state index is 0.311. The predicted molar refractivity (Wildman–Crippen MR) is 60.2 cm³/mol. The lowest BCUT2D eigenvalue weighted by Gasteiger charge is -2.00. The number of benzene rings is 1. The lowest BCUT2D eigenvalue weighted by Crippen LogP contribution is -2.18. The van der Waals surface area contributed by atoms with Crippen molar-refractivity contribution in [1.82, 2.24) is 0 Å². The van der Waals surface area contributed by atoms with Crippen LogP contribution in [0, 0.1) is 0 Å². The molecule has 0 saturated heterocycles. The van der Waals surface area contributed by atoms with Crippen LogP contribution in [0.25, 0.3) is 0 Å².